The normalized spacial score (nSPS) is 26.3. The number of nitrogens with one attached hydrogen (secondary N) is 3. The number of aromatic nitrogens is 1. The maximum absolute atomic E-state index is 12.4. The Bertz CT molecular complexity index is 653. The Morgan fingerprint density at radius 3 is 2.68 bits per heavy atom. The van der Waals surface area contributed by atoms with Crippen LogP contribution in [0.3, 0.4) is 0 Å². The first-order valence-corrected chi connectivity index (χ1v) is 8.58. The fraction of sp³-hybridized carbons (Fsp3) is 0.353. The number of benzene rings is 1. The van der Waals surface area contributed by atoms with Gasteiger partial charge in [-0.3, -0.25) is 4.79 Å². The average molecular weight is 313 g/mol. The van der Waals surface area contributed by atoms with Gasteiger partial charge >= 0.3 is 0 Å². The summed E-state index contributed by atoms with van der Waals surface area (Å²) in [6, 6.07) is 13.2. The predicted molar refractivity (Wildman–Crippen MR) is 87.2 cm³/mol. The summed E-state index contributed by atoms with van der Waals surface area (Å²) < 4.78 is 0. The average Bonchev–Trinajstić information content (AvgIpc) is 3.25. The van der Waals surface area contributed by atoms with Crippen LogP contribution in [0.15, 0.2) is 52.5 Å². The van der Waals surface area contributed by atoms with Crippen molar-refractivity contribution < 1.29 is 4.79 Å². The number of amides is 1. The summed E-state index contributed by atoms with van der Waals surface area (Å²) in [5.74, 6) is 0.0378. The maximum atomic E-state index is 12.4. The number of carbonyl (C=O) groups is 1. The smallest absolute Gasteiger partial charge is 0.251 e. The van der Waals surface area contributed by atoms with Crippen LogP contribution in [0.25, 0.3) is 0 Å². The maximum Gasteiger partial charge on any atom is 0.251 e. The van der Waals surface area contributed by atoms with Crippen molar-refractivity contribution in [2.75, 3.05) is 0 Å². The van der Waals surface area contributed by atoms with Gasteiger partial charge in [0, 0.05) is 34.8 Å². The minimum absolute atomic E-state index is 0.0378. The molecule has 4 nitrogen and oxygen atoms in total. The summed E-state index contributed by atoms with van der Waals surface area (Å²) in [4.78, 5) is 16.6. The van der Waals surface area contributed by atoms with E-state index < -0.39 is 0 Å². The number of fused-ring (bicyclic) bond motifs is 2. The van der Waals surface area contributed by atoms with E-state index in [4.69, 9.17) is 0 Å². The molecule has 3 heterocycles. The molecular weight excluding hydrogens is 294 g/mol. The molecule has 0 unspecified atom stereocenters. The molecule has 22 heavy (non-hydrogen) atoms. The first kappa shape index (κ1) is 13.9. The van der Waals surface area contributed by atoms with Gasteiger partial charge in [-0.2, -0.15) is 0 Å². The fourth-order valence-corrected chi connectivity index (χ4v) is 4.21. The number of H-pyrrole nitrogens is 1. The Morgan fingerprint density at radius 2 is 2.05 bits per heavy atom. The molecule has 2 aliphatic heterocycles. The van der Waals surface area contributed by atoms with E-state index in [1.807, 2.05) is 42.6 Å². The molecule has 3 atom stereocenters. The standard InChI is InChI=1S/C17H19N3OS/c21-17(20-15-10-12-5-8-14(15)19-12)11-3-6-13(7-4-11)22-16-2-1-9-18-16/h1-4,6-7,9,12,14-15,18-19H,5,8,10H2,(H,20,21)/t12-,14+,15-/m1/s1. The van der Waals surface area contributed by atoms with Crippen molar-refractivity contribution in [2.45, 2.75) is 47.3 Å². The molecular formula is C17H19N3OS. The topological polar surface area (TPSA) is 56.9 Å². The second-order valence-corrected chi connectivity index (χ2v) is 7.14. The second-order valence-electron chi connectivity index (χ2n) is 6.02. The highest BCUT2D eigenvalue weighted by Crippen LogP contribution is 2.29. The summed E-state index contributed by atoms with van der Waals surface area (Å²) in [6.07, 6.45) is 5.41. The molecule has 0 saturated carbocycles. The molecule has 1 aromatic heterocycles. The lowest BCUT2D eigenvalue weighted by Gasteiger charge is -2.21. The van der Waals surface area contributed by atoms with Crippen LogP contribution < -0.4 is 10.6 Å². The van der Waals surface area contributed by atoms with Gasteiger partial charge in [0.05, 0.1) is 5.03 Å². The molecule has 0 spiro atoms. The van der Waals surface area contributed by atoms with Gasteiger partial charge in [-0.1, -0.05) is 11.8 Å². The van der Waals surface area contributed by atoms with Crippen molar-refractivity contribution in [1.29, 1.82) is 0 Å². The monoisotopic (exact) mass is 313 g/mol. The Kier molecular flexibility index (Phi) is 3.68. The molecule has 2 saturated heterocycles. The van der Waals surface area contributed by atoms with Crippen LogP contribution in [-0.2, 0) is 0 Å². The third kappa shape index (κ3) is 2.78. The quantitative estimate of drug-likeness (QED) is 0.813. The number of aromatic amines is 1. The molecule has 0 radical (unpaired) electrons. The van der Waals surface area contributed by atoms with Gasteiger partial charge in [0.2, 0.25) is 0 Å². The number of hydrogen-bond acceptors (Lipinski definition) is 3. The van der Waals surface area contributed by atoms with Crippen molar-refractivity contribution in [3.8, 4) is 0 Å². The molecule has 114 valence electrons. The van der Waals surface area contributed by atoms with Crippen molar-refractivity contribution in [3.63, 3.8) is 0 Å². The first-order valence-electron chi connectivity index (χ1n) is 7.76. The van der Waals surface area contributed by atoms with E-state index in [0.717, 1.165) is 21.9 Å². The van der Waals surface area contributed by atoms with Crippen LogP contribution in [0.5, 0.6) is 0 Å². The number of hydrogen-bond donors (Lipinski definition) is 3. The summed E-state index contributed by atoms with van der Waals surface area (Å²) in [5.41, 5.74) is 0.735. The van der Waals surface area contributed by atoms with Crippen molar-refractivity contribution >= 4 is 17.7 Å². The van der Waals surface area contributed by atoms with E-state index in [2.05, 4.69) is 15.6 Å². The minimum Gasteiger partial charge on any atom is -0.356 e. The molecule has 5 heteroatoms. The van der Waals surface area contributed by atoms with Crippen LogP contribution in [0.1, 0.15) is 29.6 Å². The van der Waals surface area contributed by atoms with Gasteiger partial charge in [-0.05, 0) is 55.7 Å². The Morgan fingerprint density at radius 1 is 1.18 bits per heavy atom. The summed E-state index contributed by atoms with van der Waals surface area (Å²) in [6.45, 7) is 0. The van der Waals surface area contributed by atoms with E-state index in [1.54, 1.807) is 11.8 Å². The van der Waals surface area contributed by atoms with Crippen LogP contribution in [0.2, 0.25) is 0 Å². The third-order valence-corrected chi connectivity index (χ3v) is 5.51. The van der Waals surface area contributed by atoms with Crippen molar-refractivity contribution in [1.82, 2.24) is 15.6 Å². The van der Waals surface area contributed by atoms with E-state index in [9.17, 15) is 4.79 Å². The summed E-state index contributed by atoms with van der Waals surface area (Å²) >= 11 is 1.66. The van der Waals surface area contributed by atoms with Gasteiger partial charge in [0.25, 0.3) is 5.91 Å². The lowest BCUT2D eigenvalue weighted by atomic mass is 9.95. The van der Waals surface area contributed by atoms with Gasteiger partial charge in [-0.25, -0.2) is 0 Å². The molecule has 1 amide bonds. The van der Waals surface area contributed by atoms with Crippen LogP contribution in [0.4, 0.5) is 0 Å². The van der Waals surface area contributed by atoms with Gasteiger partial charge < -0.3 is 15.6 Å². The largest absolute Gasteiger partial charge is 0.356 e. The lowest BCUT2D eigenvalue weighted by molar-refractivity contribution is 0.0931. The van der Waals surface area contributed by atoms with Crippen LogP contribution in [-0.4, -0.2) is 29.0 Å². The first-order chi connectivity index (χ1) is 10.8. The Labute approximate surface area is 134 Å². The van der Waals surface area contributed by atoms with Crippen molar-refractivity contribution in [3.05, 3.63) is 48.2 Å². The van der Waals surface area contributed by atoms with E-state index in [0.29, 0.717) is 18.1 Å². The zero-order valence-electron chi connectivity index (χ0n) is 12.2. The SMILES string of the molecule is O=C(N[C@@H]1C[C@H]2CC[C@@H]1N2)c1ccc(Sc2ccc[nH]2)cc1. The van der Waals surface area contributed by atoms with E-state index in [1.165, 1.54) is 12.8 Å². The fourth-order valence-electron chi connectivity index (χ4n) is 3.41. The van der Waals surface area contributed by atoms with Crippen LogP contribution in [0, 0.1) is 0 Å². The van der Waals surface area contributed by atoms with Gasteiger partial charge in [-0.15, -0.1) is 0 Å². The zero-order chi connectivity index (χ0) is 14.9. The lowest BCUT2D eigenvalue weighted by Crippen LogP contribution is -2.42. The Hall–Kier alpha value is -1.72. The van der Waals surface area contributed by atoms with Crippen LogP contribution >= 0.6 is 11.8 Å². The molecule has 0 aliphatic carbocycles. The molecule has 2 fully saturated rings. The number of carbonyl (C=O) groups excluding carboxylic acids is 1. The molecule has 2 aromatic rings. The molecule has 2 aliphatic rings. The van der Waals surface area contributed by atoms with E-state index in [-0.39, 0.29) is 5.91 Å². The molecule has 2 bridgehead atoms. The van der Waals surface area contributed by atoms with Gasteiger partial charge in [0.1, 0.15) is 0 Å². The Balaban J connectivity index is 1.38. The second kappa shape index (κ2) is 5.82. The summed E-state index contributed by atoms with van der Waals surface area (Å²) in [7, 11) is 0. The highest BCUT2D eigenvalue weighted by molar-refractivity contribution is 7.99. The zero-order valence-corrected chi connectivity index (χ0v) is 13.0. The predicted octanol–water partition coefficient (Wildman–Crippen LogP) is 2.79. The highest BCUT2D eigenvalue weighted by atomic mass is 32.2. The minimum atomic E-state index is 0.0378. The third-order valence-electron chi connectivity index (χ3n) is 4.53. The van der Waals surface area contributed by atoms with Gasteiger partial charge in [0.15, 0.2) is 0 Å². The van der Waals surface area contributed by atoms with Crippen molar-refractivity contribution in [2.24, 2.45) is 0 Å². The van der Waals surface area contributed by atoms with E-state index >= 15 is 0 Å². The molecule has 3 N–H and O–H groups in total. The molecule has 1 aromatic carbocycles. The number of rotatable bonds is 4. The molecule has 4 rings (SSSR count). The summed E-state index contributed by atoms with van der Waals surface area (Å²) in [5, 5.41) is 7.83. The highest BCUT2D eigenvalue weighted by Gasteiger charge is 2.39.